The van der Waals surface area contributed by atoms with E-state index < -0.39 is 9.84 Å². The minimum atomic E-state index is -3.27. The molecule has 0 atom stereocenters. The summed E-state index contributed by atoms with van der Waals surface area (Å²) in [7, 11) is -3.27. The number of H-pyrrole nitrogens is 1. The number of nitrogens with zero attached hydrogens (tertiary/aromatic N) is 1. The Morgan fingerprint density at radius 2 is 1.88 bits per heavy atom. The van der Waals surface area contributed by atoms with Crippen molar-refractivity contribution in [2.75, 3.05) is 18.8 Å². The number of carbonyl (C=O) groups excluding carboxylic acids is 1. The molecule has 2 aliphatic rings. The Balaban J connectivity index is 1.26. The molecule has 41 heavy (non-hydrogen) atoms. The maximum absolute atomic E-state index is 13.6. The van der Waals surface area contributed by atoms with Gasteiger partial charge in [0.25, 0.3) is 5.91 Å². The first-order chi connectivity index (χ1) is 19.8. The Hall–Kier alpha value is -3.58. The van der Waals surface area contributed by atoms with Gasteiger partial charge in [-0.25, -0.2) is 8.42 Å². The smallest absolute Gasteiger partial charge is 0.289 e. The molecule has 0 aliphatic heterocycles. The van der Waals surface area contributed by atoms with Crippen LogP contribution in [-0.4, -0.2) is 43.1 Å². The summed E-state index contributed by atoms with van der Waals surface area (Å²) in [6.45, 7) is 5.10. The third-order valence-electron chi connectivity index (χ3n) is 8.15. The Bertz CT molecular complexity index is 1550. The molecular formula is C34H40N2O4S. The van der Waals surface area contributed by atoms with Crippen LogP contribution in [0.15, 0.2) is 88.4 Å². The largest absolute Gasteiger partial charge is 0.451 e. The lowest BCUT2D eigenvalue weighted by molar-refractivity contribution is 0.0687. The van der Waals surface area contributed by atoms with Gasteiger partial charge in [-0.1, -0.05) is 44.2 Å². The van der Waals surface area contributed by atoms with Crippen molar-refractivity contribution in [3.05, 3.63) is 96.1 Å². The van der Waals surface area contributed by atoms with Gasteiger partial charge >= 0.3 is 0 Å². The molecule has 0 bridgehead atoms. The second-order valence-electron chi connectivity index (χ2n) is 11.2. The van der Waals surface area contributed by atoms with Gasteiger partial charge in [0, 0.05) is 36.1 Å². The highest BCUT2D eigenvalue weighted by Gasteiger charge is 2.43. The van der Waals surface area contributed by atoms with Crippen molar-refractivity contribution in [2.24, 2.45) is 5.41 Å². The van der Waals surface area contributed by atoms with E-state index in [0.717, 1.165) is 50.5 Å². The van der Waals surface area contributed by atoms with Crippen LogP contribution < -0.4 is 0 Å². The molecule has 7 heteroatoms. The Morgan fingerprint density at radius 3 is 2.61 bits per heavy atom. The third kappa shape index (κ3) is 6.84. The lowest BCUT2D eigenvalue weighted by Gasteiger charge is -2.26. The number of benzene rings is 1. The maximum atomic E-state index is 13.6. The summed E-state index contributed by atoms with van der Waals surface area (Å²) in [6, 6.07) is 12.3. The maximum Gasteiger partial charge on any atom is 0.289 e. The highest BCUT2D eigenvalue weighted by molar-refractivity contribution is 7.91. The van der Waals surface area contributed by atoms with Crippen LogP contribution in [0.2, 0.25) is 0 Å². The summed E-state index contributed by atoms with van der Waals surface area (Å²) < 4.78 is 30.3. The van der Waals surface area contributed by atoms with Gasteiger partial charge in [-0.15, -0.1) is 0 Å². The van der Waals surface area contributed by atoms with E-state index in [1.165, 1.54) is 16.8 Å². The SMILES string of the molecule is CCCN(CC1(C/C=C/C2=C/C/C=C/CCc3[nH]ccc32)CC1)C(=O)c1ccc(-c2ccc(S(=O)(=O)CC)cc2)o1. The third-order valence-corrected chi connectivity index (χ3v) is 9.90. The van der Waals surface area contributed by atoms with E-state index in [1.54, 1.807) is 43.3 Å². The Labute approximate surface area is 243 Å². The molecule has 0 spiro atoms. The molecule has 5 rings (SSSR count). The molecule has 216 valence electrons. The highest BCUT2D eigenvalue weighted by atomic mass is 32.2. The number of aromatic amines is 1. The van der Waals surface area contributed by atoms with Crippen molar-refractivity contribution < 1.29 is 17.6 Å². The zero-order valence-electron chi connectivity index (χ0n) is 24.1. The molecule has 2 heterocycles. The number of aryl methyl sites for hydroxylation is 1. The van der Waals surface area contributed by atoms with E-state index in [1.807, 2.05) is 11.1 Å². The monoisotopic (exact) mass is 572 g/mol. The zero-order valence-corrected chi connectivity index (χ0v) is 24.9. The van der Waals surface area contributed by atoms with Gasteiger partial charge in [0.1, 0.15) is 5.76 Å². The lowest BCUT2D eigenvalue weighted by atomic mass is 9.98. The van der Waals surface area contributed by atoms with Crippen LogP contribution in [0.1, 0.15) is 74.2 Å². The van der Waals surface area contributed by atoms with E-state index in [2.05, 4.69) is 48.4 Å². The first-order valence-electron chi connectivity index (χ1n) is 14.7. The number of amides is 1. The van der Waals surface area contributed by atoms with E-state index >= 15 is 0 Å². The number of fused-ring (bicyclic) bond motifs is 1. The average Bonchev–Trinajstić information content (AvgIpc) is 3.34. The number of aromatic nitrogens is 1. The predicted molar refractivity (Wildman–Crippen MR) is 164 cm³/mol. The van der Waals surface area contributed by atoms with Crippen LogP contribution in [-0.2, 0) is 16.3 Å². The number of hydrogen-bond donors (Lipinski definition) is 1. The van der Waals surface area contributed by atoms with Gasteiger partial charge in [0.05, 0.1) is 10.6 Å². The highest BCUT2D eigenvalue weighted by Crippen LogP contribution is 2.50. The fraction of sp³-hybridized carbons (Fsp3) is 0.382. The van der Waals surface area contributed by atoms with Crippen LogP contribution in [0, 0.1) is 5.41 Å². The molecule has 3 aromatic rings. The summed E-state index contributed by atoms with van der Waals surface area (Å²) in [4.78, 5) is 19.2. The first kappa shape index (κ1) is 28.9. The Kier molecular flexibility index (Phi) is 8.83. The minimum absolute atomic E-state index is 0.0552. The van der Waals surface area contributed by atoms with Gasteiger partial charge < -0.3 is 14.3 Å². The second kappa shape index (κ2) is 12.5. The number of carbonyl (C=O) groups is 1. The molecule has 2 aromatic heterocycles. The molecule has 1 aromatic carbocycles. The second-order valence-corrected chi connectivity index (χ2v) is 13.5. The van der Waals surface area contributed by atoms with Crippen LogP contribution in [0.4, 0.5) is 0 Å². The van der Waals surface area contributed by atoms with Crippen molar-refractivity contribution in [2.45, 2.75) is 63.7 Å². The van der Waals surface area contributed by atoms with Crippen molar-refractivity contribution >= 4 is 21.3 Å². The van der Waals surface area contributed by atoms with Crippen LogP contribution in [0.3, 0.4) is 0 Å². The molecule has 2 aliphatic carbocycles. The number of sulfone groups is 1. The Morgan fingerprint density at radius 1 is 1.07 bits per heavy atom. The van der Waals surface area contributed by atoms with Crippen molar-refractivity contribution in [3.63, 3.8) is 0 Å². The fourth-order valence-corrected chi connectivity index (χ4v) is 6.39. The lowest BCUT2D eigenvalue weighted by Crippen LogP contribution is -2.36. The van der Waals surface area contributed by atoms with E-state index in [9.17, 15) is 13.2 Å². The summed E-state index contributed by atoms with van der Waals surface area (Å²) in [5.41, 5.74) is 4.68. The number of rotatable bonds is 11. The van der Waals surface area contributed by atoms with E-state index in [4.69, 9.17) is 4.42 Å². The summed E-state index contributed by atoms with van der Waals surface area (Å²) in [5, 5.41) is 0. The van der Waals surface area contributed by atoms with Gasteiger partial charge in [0.15, 0.2) is 15.6 Å². The van der Waals surface area contributed by atoms with Crippen molar-refractivity contribution in [3.8, 4) is 11.3 Å². The molecular weight excluding hydrogens is 532 g/mol. The standard InChI is InChI=1S/C34H40N2O4S/c1-3-24-36(33(37)32-18-17-31(40-32)27-13-15-28(16-14-27)41(38,39)4-2)25-34(21-22-34)20-9-11-26-10-7-5-6-8-12-30-29(26)19-23-35-30/h5-6,9-11,13-19,23,35H,3-4,7-8,12,20-22,24-25H2,1-2H3/b6-5+,11-9+,26-10-. The molecule has 0 unspecified atom stereocenters. The summed E-state index contributed by atoms with van der Waals surface area (Å²) in [6.07, 6.45) is 20.4. The first-order valence-corrected chi connectivity index (χ1v) is 16.4. The molecule has 6 nitrogen and oxygen atoms in total. The molecule has 0 saturated heterocycles. The van der Waals surface area contributed by atoms with Gasteiger partial charge in [0.2, 0.25) is 0 Å². The normalized spacial score (nSPS) is 18.5. The fourth-order valence-electron chi connectivity index (χ4n) is 5.51. The number of allylic oxidation sites excluding steroid dienone is 6. The van der Waals surface area contributed by atoms with Gasteiger partial charge in [-0.05, 0) is 98.4 Å². The average molecular weight is 573 g/mol. The molecule has 1 saturated carbocycles. The quantitative estimate of drug-likeness (QED) is 0.240. The minimum Gasteiger partial charge on any atom is -0.451 e. The van der Waals surface area contributed by atoms with Crippen molar-refractivity contribution in [1.29, 1.82) is 0 Å². The number of furan rings is 1. The summed E-state index contributed by atoms with van der Waals surface area (Å²) >= 11 is 0. The molecule has 0 radical (unpaired) electrons. The van der Waals surface area contributed by atoms with Crippen molar-refractivity contribution in [1.82, 2.24) is 9.88 Å². The summed E-state index contributed by atoms with van der Waals surface area (Å²) in [5.74, 6) is 0.825. The molecule has 1 N–H and O–H groups in total. The van der Waals surface area contributed by atoms with Crippen LogP contribution >= 0.6 is 0 Å². The zero-order chi connectivity index (χ0) is 28.9. The van der Waals surface area contributed by atoms with Crippen LogP contribution in [0.25, 0.3) is 16.9 Å². The molecule has 1 fully saturated rings. The number of nitrogens with one attached hydrogen (secondary N) is 1. The van der Waals surface area contributed by atoms with Gasteiger partial charge in [-0.3, -0.25) is 4.79 Å². The predicted octanol–water partition coefficient (Wildman–Crippen LogP) is 7.62. The number of hydrogen-bond acceptors (Lipinski definition) is 4. The van der Waals surface area contributed by atoms with E-state index in [-0.39, 0.29) is 22.0 Å². The topological polar surface area (TPSA) is 83.4 Å². The van der Waals surface area contributed by atoms with Gasteiger partial charge in [-0.2, -0.15) is 0 Å². The molecule has 1 amide bonds. The van der Waals surface area contributed by atoms with E-state index in [0.29, 0.717) is 24.6 Å². The van der Waals surface area contributed by atoms with Crippen LogP contribution in [0.5, 0.6) is 0 Å².